The lowest BCUT2D eigenvalue weighted by molar-refractivity contribution is 1.18. The molecule has 0 saturated carbocycles. The van der Waals surface area contributed by atoms with Crippen LogP contribution in [0.2, 0.25) is 0 Å². The Hall–Kier alpha value is -6.52. The molecule has 0 aliphatic heterocycles. The van der Waals surface area contributed by atoms with Crippen molar-refractivity contribution in [3.8, 4) is 56.4 Å². The van der Waals surface area contributed by atoms with E-state index in [0.29, 0.717) is 5.82 Å². The van der Waals surface area contributed by atoms with E-state index in [0.717, 1.165) is 72.4 Å². The van der Waals surface area contributed by atoms with E-state index >= 15 is 0 Å². The molecule has 0 unspecified atom stereocenters. The number of hydrogen-bond acceptors (Lipinski definition) is 4. The van der Waals surface area contributed by atoms with Crippen molar-refractivity contribution in [1.82, 2.24) is 19.9 Å². The van der Waals surface area contributed by atoms with Gasteiger partial charge in [-0.2, -0.15) is 0 Å². The molecule has 0 spiro atoms. The van der Waals surface area contributed by atoms with Crippen molar-refractivity contribution < 1.29 is 0 Å². The maximum Gasteiger partial charge on any atom is 0.160 e. The van der Waals surface area contributed by atoms with Gasteiger partial charge in [-0.15, -0.1) is 0 Å². The summed E-state index contributed by atoms with van der Waals surface area (Å²) in [7, 11) is 0. The Balaban J connectivity index is 1.15. The molecule has 0 aliphatic carbocycles. The van der Waals surface area contributed by atoms with Crippen LogP contribution in [-0.4, -0.2) is 19.9 Å². The molecule has 48 heavy (non-hydrogen) atoms. The third-order valence-corrected chi connectivity index (χ3v) is 8.85. The molecule has 9 rings (SSSR count). The zero-order valence-electron chi connectivity index (χ0n) is 26.0. The normalized spacial score (nSPS) is 11.3. The Kier molecular flexibility index (Phi) is 6.76. The first kappa shape index (κ1) is 27.8. The van der Waals surface area contributed by atoms with Crippen LogP contribution in [-0.2, 0) is 0 Å². The minimum absolute atomic E-state index is 0.671. The second-order valence-electron chi connectivity index (χ2n) is 11.9. The Morgan fingerprint density at radius 1 is 0.250 bits per heavy atom. The van der Waals surface area contributed by atoms with Crippen LogP contribution in [0.3, 0.4) is 0 Å². The summed E-state index contributed by atoms with van der Waals surface area (Å²) in [5, 5.41) is 4.53. The fourth-order valence-corrected chi connectivity index (χ4v) is 6.35. The lowest BCUT2D eigenvalue weighted by Crippen LogP contribution is -1.96. The van der Waals surface area contributed by atoms with E-state index in [1.165, 1.54) is 10.8 Å². The molecule has 224 valence electrons. The summed E-state index contributed by atoms with van der Waals surface area (Å²) in [4.78, 5) is 20.5. The summed E-state index contributed by atoms with van der Waals surface area (Å²) >= 11 is 0. The molecule has 3 aromatic heterocycles. The quantitative estimate of drug-likeness (QED) is 0.181. The maximum absolute atomic E-state index is 5.22. The van der Waals surface area contributed by atoms with Crippen molar-refractivity contribution >= 4 is 32.6 Å². The third kappa shape index (κ3) is 5.16. The third-order valence-electron chi connectivity index (χ3n) is 8.85. The highest BCUT2D eigenvalue weighted by molar-refractivity contribution is 6.04. The predicted molar refractivity (Wildman–Crippen MR) is 197 cm³/mol. The molecule has 9 aromatic rings. The second-order valence-corrected chi connectivity index (χ2v) is 11.9. The molecule has 0 fully saturated rings. The number of pyridine rings is 2. The van der Waals surface area contributed by atoms with Crippen LogP contribution in [0, 0.1) is 0 Å². The first-order valence-electron chi connectivity index (χ1n) is 16.1. The van der Waals surface area contributed by atoms with E-state index in [4.69, 9.17) is 19.9 Å². The van der Waals surface area contributed by atoms with Crippen LogP contribution in [0.5, 0.6) is 0 Å². The summed E-state index contributed by atoms with van der Waals surface area (Å²) < 4.78 is 0. The molecule has 4 heteroatoms. The molecule has 0 saturated heterocycles. The molecule has 0 N–H and O–H groups in total. The van der Waals surface area contributed by atoms with Gasteiger partial charge in [0.15, 0.2) is 5.82 Å². The van der Waals surface area contributed by atoms with Gasteiger partial charge < -0.3 is 0 Å². The Morgan fingerprint density at radius 2 is 0.729 bits per heavy atom. The zero-order chi connectivity index (χ0) is 31.9. The maximum atomic E-state index is 5.22. The Bertz CT molecular complexity index is 2560. The molecular formula is C44H28N4. The van der Waals surface area contributed by atoms with Crippen LogP contribution >= 0.6 is 0 Å². The van der Waals surface area contributed by atoms with E-state index in [2.05, 4.69) is 133 Å². The van der Waals surface area contributed by atoms with Gasteiger partial charge in [0.1, 0.15) is 0 Å². The summed E-state index contributed by atoms with van der Waals surface area (Å²) in [6, 6.07) is 58.5. The fraction of sp³-hybridized carbons (Fsp3) is 0. The standard InChI is InChI=1S/C44H28N4/c1-3-11-30(12-4-1)40-28-41(31-13-5-2-6-14-31)48-44(47-40)37-17-9-16-35(27-37)38-24-22-32-19-20-33-23-25-39(46-43(33)42(32)45-38)36-21-18-29-10-7-8-15-34(29)26-36/h1-28H. The molecule has 0 bridgehead atoms. The van der Waals surface area contributed by atoms with Crippen LogP contribution in [0.4, 0.5) is 0 Å². The van der Waals surface area contributed by atoms with Crippen molar-refractivity contribution in [3.05, 3.63) is 170 Å². The van der Waals surface area contributed by atoms with E-state index in [1.54, 1.807) is 0 Å². The van der Waals surface area contributed by atoms with Gasteiger partial charge in [-0.25, -0.2) is 19.9 Å². The molecular weight excluding hydrogens is 585 g/mol. The summed E-state index contributed by atoms with van der Waals surface area (Å²) in [6.45, 7) is 0. The molecule has 0 radical (unpaired) electrons. The van der Waals surface area contributed by atoms with Gasteiger partial charge in [0, 0.05) is 38.6 Å². The highest BCUT2D eigenvalue weighted by atomic mass is 14.9. The summed E-state index contributed by atoms with van der Waals surface area (Å²) in [6.07, 6.45) is 0. The monoisotopic (exact) mass is 612 g/mol. The van der Waals surface area contributed by atoms with Gasteiger partial charge in [-0.1, -0.05) is 140 Å². The number of benzene rings is 6. The first-order valence-corrected chi connectivity index (χ1v) is 16.1. The van der Waals surface area contributed by atoms with E-state index in [-0.39, 0.29) is 0 Å². The lowest BCUT2D eigenvalue weighted by atomic mass is 10.0. The van der Waals surface area contributed by atoms with Gasteiger partial charge in [0.05, 0.1) is 33.8 Å². The minimum Gasteiger partial charge on any atom is -0.245 e. The van der Waals surface area contributed by atoms with Crippen LogP contribution < -0.4 is 0 Å². The lowest BCUT2D eigenvalue weighted by Gasteiger charge is -2.11. The van der Waals surface area contributed by atoms with Crippen LogP contribution in [0.25, 0.3) is 89.0 Å². The van der Waals surface area contributed by atoms with Gasteiger partial charge in [-0.3, -0.25) is 0 Å². The summed E-state index contributed by atoms with van der Waals surface area (Å²) in [5.74, 6) is 0.671. The van der Waals surface area contributed by atoms with Gasteiger partial charge in [0.25, 0.3) is 0 Å². The number of hydrogen-bond donors (Lipinski definition) is 0. The fourth-order valence-electron chi connectivity index (χ4n) is 6.35. The zero-order valence-corrected chi connectivity index (χ0v) is 26.0. The number of rotatable bonds is 5. The minimum atomic E-state index is 0.671. The number of nitrogens with zero attached hydrogens (tertiary/aromatic N) is 4. The molecule has 6 aromatic carbocycles. The average molecular weight is 613 g/mol. The molecule has 0 aliphatic rings. The van der Waals surface area contributed by atoms with Crippen molar-refractivity contribution in [3.63, 3.8) is 0 Å². The topological polar surface area (TPSA) is 51.6 Å². The predicted octanol–water partition coefficient (Wildman–Crippen LogP) is 11.1. The van der Waals surface area contributed by atoms with Crippen LogP contribution in [0.15, 0.2) is 170 Å². The van der Waals surface area contributed by atoms with Crippen LogP contribution in [0.1, 0.15) is 0 Å². The Labute approximate surface area is 278 Å². The number of fused-ring (bicyclic) bond motifs is 4. The highest BCUT2D eigenvalue weighted by Gasteiger charge is 2.13. The SMILES string of the molecule is c1ccc(-c2cc(-c3ccccc3)nc(-c3cccc(-c4ccc5ccc6ccc(-c7ccc8ccccc8c7)nc6c5n4)c3)n2)cc1. The van der Waals surface area contributed by atoms with E-state index < -0.39 is 0 Å². The molecule has 0 atom stereocenters. The molecule has 3 heterocycles. The van der Waals surface area contributed by atoms with E-state index in [9.17, 15) is 0 Å². The second kappa shape index (κ2) is 11.7. The van der Waals surface area contributed by atoms with Crippen molar-refractivity contribution in [1.29, 1.82) is 0 Å². The van der Waals surface area contributed by atoms with Crippen molar-refractivity contribution in [2.75, 3.05) is 0 Å². The summed E-state index contributed by atoms with van der Waals surface area (Å²) in [5.41, 5.74) is 10.4. The first-order chi connectivity index (χ1) is 23.7. The largest absolute Gasteiger partial charge is 0.245 e. The van der Waals surface area contributed by atoms with Crippen molar-refractivity contribution in [2.45, 2.75) is 0 Å². The molecule has 0 amide bonds. The number of aromatic nitrogens is 4. The van der Waals surface area contributed by atoms with Gasteiger partial charge >= 0.3 is 0 Å². The Morgan fingerprint density at radius 3 is 1.35 bits per heavy atom. The van der Waals surface area contributed by atoms with Crippen molar-refractivity contribution in [2.24, 2.45) is 0 Å². The van der Waals surface area contributed by atoms with Gasteiger partial charge in [0.2, 0.25) is 0 Å². The molecule has 4 nitrogen and oxygen atoms in total. The van der Waals surface area contributed by atoms with Gasteiger partial charge in [-0.05, 0) is 41.1 Å². The smallest absolute Gasteiger partial charge is 0.160 e. The average Bonchev–Trinajstić information content (AvgIpc) is 3.18. The van der Waals surface area contributed by atoms with E-state index in [1.807, 2.05) is 36.4 Å². The highest BCUT2D eigenvalue weighted by Crippen LogP contribution is 2.32.